The first-order valence-electron chi connectivity index (χ1n) is 11.7. The van der Waals surface area contributed by atoms with Crippen LogP contribution in [0.15, 0.2) is 61.1 Å². The van der Waals surface area contributed by atoms with Crippen LogP contribution in [-0.2, 0) is 17.8 Å². The molecule has 172 valence electrons. The lowest BCUT2D eigenvalue weighted by atomic mass is 9.91. The molecule has 0 N–H and O–H groups in total. The highest BCUT2D eigenvalue weighted by Gasteiger charge is 2.33. The molecular weight excluding hydrogens is 412 g/mol. The summed E-state index contributed by atoms with van der Waals surface area (Å²) in [5.41, 5.74) is 5.20. The summed E-state index contributed by atoms with van der Waals surface area (Å²) >= 11 is 0. The van der Waals surface area contributed by atoms with Gasteiger partial charge in [-0.25, -0.2) is 4.98 Å². The molecule has 1 fully saturated rings. The molecule has 0 bridgehead atoms. The van der Waals surface area contributed by atoms with E-state index in [9.17, 15) is 9.59 Å². The average Bonchev–Trinajstić information content (AvgIpc) is 3.26. The fraction of sp³-hybridized carbons (Fsp3) is 0.370. The minimum Gasteiger partial charge on any atom is -0.341 e. The third-order valence-corrected chi connectivity index (χ3v) is 6.53. The Balaban J connectivity index is 1.63. The van der Waals surface area contributed by atoms with Crippen LogP contribution in [-0.4, -0.2) is 57.3 Å². The molecule has 2 aromatic carbocycles. The van der Waals surface area contributed by atoms with Crippen LogP contribution in [0.1, 0.15) is 35.5 Å². The predicted molar refractivity (Wildman–Crippen MR) is 130 cm³/mol. The normalized spacial score (nSPS) is 16.7. The van der Waals surface area contributed by atoms with Crippen molar-refractivity contribution in [3.05, 3.63) is 77.9 Å². The molecule has 1 atom stereocenters. The van der Waals surface area contributed by atoms with Gasteiger partial charge in [0.1, 0.15) is 5.69 Å². The highest BCUT2D eigenvalue weighted by atomic mass is 16.2. The number of aryl methyl sites for hydroxylation is 2. The Kier molecular flexibility index (Phi) is 6.92. The van der Waals surface area contributed by atoms with E-state index in [1.165, 1.54) is 5.56 Å². The minimum atomic E-state index is -0.291. The van der Waals surface area contributed by atoms with Gasteiger partial charge in [0.15, 0.2) is 0 Å². The van der Waals surface area contributed by atoms with Crippen LogP contribution < -0.4 is 0 Å². The Bertz CT molecular complexity index is 1120. The van der Waals surface area contributed by atoms with Gasteiger partial charge in [0.05, 0.1) is 18.4 Å². The lowest BCUT2D eigenvalue weighted by molar-refractivity contribution is -0.134. The first-order valence-corrected chi connectivity index (χ1v) is 11.7. The van der Waals surface area contributed by atoms with Gasteiger partial charge >= 0.3 is 0 Å². The quantitative estimate of drug-likeness (QED) is 0.577. The molecule has 0 saturated carbocycles. The molecule has 0 spiro atoms. The molecular formula is C27H32N4O2. The maximum Gasteiger partial charge on any atom is 0.272 e. The Morgan fingerprint density at radius 1 is 1.03 bits per heavy atom. The number of benzene rings is 2. The summed E-state index contributed by atoms with van der Waals surface area (Å²) in [6, 6.07) is 16.7. The van der Waals surface area contributed by atoms with Crippen molar-refractivity contribution in [1.82, 2.24) is 19.4 Å². The second kappa shape index (κ2) is 10.0. The van der Waals surface area contributed by atoms with Gasteiger partial charge in [-0.2, -0.15) is 0 Å². The smallest absolute Gasteiger partial charge is 0.272 e. The number of imidazole rings is 1. The van der Waals surface area contributed by atoms with E-state index in [1.54, 1.807) is 12.5 Å². The van der Waals surface area contributed by atoms with Crippen LogP contribution in [0.2, 0.25) is 0 Å². The molecule has 0 radical (unpaired) electrons. The number of carbonyl (C=O) groups excluding carboxylic acids is 2. The van der Waals surface area contributed by atoms with Crippen molar-refractivity contribution in [1.29, 1.82) is 0 Å². The number of hydrogen-bond acceptors (Lipinski definition) is 3. The van der Waals surface area contributed by atoms with Gasteiger partial charge in [-0.3, -0.25) is 9.59 Å². The maximum atomic E-state index is 13.4. The monoisotopic (exact) mass is 444 g/mol. The number of amides is 2. The van der Waals surface area contributed by atoms with Gasteiger partial charge in [-0.1, -0.05) is 54.1 Å². The fourth-order valence-electron chi connectivity index (χ4n) is 4.59. The third-order valence-electron chi connectivity index (χ3n) is 6.53. The number of nitrogens with zero attached hydrogens (tertiary/aromatic N) is 4. The lowest BCUT2D eigenvalue weighted by Gasteiger charge is -2.24. The summed E-state index contributed by atoms with van der Waals surface area (Å²) in [5, 5.41) is 0. The van der Waals surface area contributed by atoms with Crippen molar-refractivity contribution in [3.8, 4) is 11.1 Å². The van der Waals surface area contributed by atoms with Gasteiger partial charge in [-0.05, 0) is 43.9 Å². The number of hydrogen-bond donors (Lipinski definition) is 0. The predicted octanol–water partition coefficient (Wildman–Crippen LogP) is 4.04. The summed E-state index contributed by atoms with van der Waals surface area (Å²) in [6.07, 6.45) is 3.90. The van der Waals surface area contributed by atoms with Gasteiger partial charge in [0, 0.05) is 32.7 Å². The van der Waals surface area contributed by atoms with E-state index in [0.29, 0.717) is 44.8 Å². The summed E-state index contributed by atoms with van der Waals surface area (Å²) in [7, 11) is 0. The minimum absolute atomic E-state index is 0.0584. The zero-order chi connectivity index (χ0) is 23.4. The van der Waals surface area contributed by atoms with E-state index in [-0.39, 0.29) is 17.7 Å². The molecule has 33 heavy (non-hydrogen) atoms. The standard InChI is InChI=1S/C27H32N4O2/c1-4-29-14-15-31(27(33)25-17-28-19-30(25)5-2)18-23(26(29)32)16-22-8-6-7-9-24(22)21-12-10-20(3)11-13-21/h6-13,17,19,23H,4-5,14-16,18H2,1-3H3/t23-/m1/s1. The average molecular weight is 445 g/mol. The SMILES string of the molecule is CCN1CCN(C(=O)c2cncn2CC)C[C@@H](Cc2ccccc2-c2ccc(C)cc2)C1=O. The van der Waals surface area contributed by atoms with Crippen molar-refractivity contribution in [2.45, 2.75) is 33.7 Å². The second-order valence-corrected chi connectivity index (χ2v) is 8.66. The van der Waals surface area contributed by atoms with Gasteiger partial charge < -0.3 is 14.4 Å². The van der Waals surface area contributed by atoms with Crippen LogP contribution >= 0.6 is 0 Å². The Morgan fingerprint density at radius 3 is 2.52 bits per heavy atom. The molecule has 1 aliphatic rings. The highest BCUT2D eigenvalue weighted by molar-refractivity contribution is 5.93. The molecule has 0 unspecified atom stereocenters. The molecule has 4 rings (SSSR count). The Morgan fingerprint density at radius 2 is 1.79 bits per heavy atom. The van der Waals surface area contributed by atoms with Crippen LogP contribution in [0.25, 0.3) is 11.1 Å². The first-order chi connectivity index (χ1) is 16.0. The van der Waals surface area contributed by atoms with E-state index < -0.39 is 0 Å². The molecule has 3 aromatic rings. The molecule has 1 aromatic heterocycles. The molecule has 0 aliphatic carbocycles. The third kappa shape index (κ3) is 4.85. The Labute approximate surface area is 195 Å². The number of carbonyl (C=O) groups is 2. The van der Waals surface area contributed by atoms with Crippen LogP contribution in [0.3, 0.4) is 0 Å². The molecule has 6 nitrogen and oxygen atoms in total. The van der Waals surface area contributed by atoms with Gasteiger partial charge in [0.2, 0.25) is 5.91 Å². The van der Waals surface area contributed by atoms with Crippen molar-refractivity contribution in [2.24, 2.45) is 5.92 Å². The molecule has 2 amide bonds. The van der Waals surface area contributed by atoms with Crippen molar-refractivity contribution in [2.75, 3.05) is 26.2 Å². The van der Waals surface area contributed by atoms with Crippen LogP contribution in [0, 0.1) is 12.8 Å². The molecule has 6 heteroatoms. The van der Waals surface area contributed by atoms with E-state index in [1.807, 2.05) is 40.3 Å². The number of likely N-dealkylation sites (N-methyl/N-ethyl adjacent to an activating group) is 1. The number of aromatic nitrogens is 2. The number of rotatable bonds is 6. The Hall–Kier alpha value is -3.41. The zero-order valence-electron chi connectivity index (χ0n) is 19.7. The fourth-order valence-corrected chi connectivity index (χ4v) is 4.59. The lowest BCUT2D eigenvalue weighted by Crippen LogP contribution is -2.38. The van der Waals surface area contributed by atoms with Gasteiger partial charge in [0.25, 0.3) is 5.91 Å². The summed E-state index contributed by atoms with van der Waals surface area (Å²) in [4.78, 5) is 34.6. The second-order valence-electron chi connectivity index (χ2n) is 8.66. The maximum absolute atomic E-state index is 13.4. The van der Waals surface area contributed by atoms with Crippen molar-refractivity contribution < 1.29 is 9.59 Å². The highest BCUT2D eigenvalue weighted by Crippen LogP contribution is 2.28. The van der Waals surface area contributed by atoms with Crippen molar-refractivity contribution in [3.63, 3.8) is 0 Å². The summed E-state index contributed by atoms with van der Waals surface area (Å²) < 4.78 is 1.86. The summed E-state index contributed by atoms with van der Waals surface area (Å²) in [5.74, 6) is -0.228. The summed E-state index contributed by atoms with van der Waals surface area (Å²) in [6.45, 7) is 8.89. The van der Waals surface area contributed by atoms with Gasteiger partial charge in [-0.15, -0.1) is 0 Å². The topological polar surface area (TPSA) is 58.4 Å². The zero-order valence-corrected chi connectivity index (χ0v) is 19.7. The van der Waals surface area contributed by atoms with E-state index >= 15 is 0 Å². The van der Waals surface area contributed by atoms with Crippen LogP contribution in [0.5, 0.6) is 0 Å². The van der Waals surface area contributed by atoms with E-state index in [0.717, 1.165) is 16.7 Å². The molecule has 1 saturated heterocycles. The molecule has 1 aliphatic heterocycles. The molecule has 2 heterocycles. The van der Waals surface area contributed by atoms with E-state index in [4.69, 9.17) is 0 Å². The van der Waals surface area contributed by atoms with Crippen LogP contribution in [0.4, 0.5) is 0 Å². The first kappa shape index (κ1) is 22.8. The van der Waals surface area contributed by atoms with E-state index in [2.05, 4.69) is 48.3 Å². The largest absolute Gasteiger partial charge is 0.341 e. The van der Waals surface area contributed by atoms with Crippen molar-refractivity contribution >= 4 is 11.8 Å².